The molecule has 0 aliphatic carbocycles. The van der Waals surface area contributed by atoms with Crippen molar-refractivity contribution in [3.63, 3.8) is 0 Å². The van der Waals surface area contributed by atoms with E-state index in [4.69, 9.17) is 11.6 Å². The quantitative estimate of drug-likeness (QED) is 0.859. The number of imidazole rings is 1. The first kappa shape index (κ1) is 13.2. The van der Waals surface area contributed by atoms with Gasteiger partial charge in [0.25, 0.3) is 0 Å². The summed E-state index contributed by atoms with van der Waals surface area (Å²) in [4.78, 5) is 4.28. The summed E-state index contributed by atoms with van der Waals surface area (Å²) >= 11 is 5.38. The van der Waals surface area contributed by atoms with Gasteiger partial charge in [0.05, 0.1) is 11.0 Å². The number of hydrogen-bond acceptors (Lipinski definition) is 3. The number of aromatic nitrogens is 2. The van der Waals surface area contributed by atoms with Crippen LogP contribution in [-0.2, 0) is 16.6 Å². The second-order valence-corrected chi connectivity index (χ2v) is 6.21. The van der Waals surface area contributed by atoms with Crippen molar-refractivity contribution in [2.24, 2.45) is 0 Å². The molecule has 0 saturated heterocycles. The van der Waals surface area contributed by atoms with Crippen LogP contribution in [0.15, 0.2) is 24.3 Å². The fourth-order valence-electron chi connectivity index (χ4n) is 1.77. The van der Waals surface area contributed by atoms with Crippen LogP contribution >= 0.6 is 11.6 Å². The van der Waals surface area contributed by atoms with E-state index in [0.29, 0.717) is 12.5 Å². The Kier molecular flexibility index (Phi) is 3.77. The second kappa shape index (κ2) is 5.16. The average molecular weight is 288 g/mol. The normalized spacial score (nSPS) is 11.9. The summed E-state index contributed by atoms with van der Waals surface area (Å²) in [5.41, 5.74) is 1.67. The highest BCUT2D eigenvalue weighted by Gasteiger charge is 2.15. The van der Waals surface area contributed by atoms with Crippen LogP contribution in [0, 0.1) is 0 Å². The molecular formula is C11H14ClN3O2S. The lowest BCUT2D eigenvalue weighted by molar-refractivity contribution is 0.604. The third-order valence-corrected chi connectivity index (χ3v) is 4.13. The summed E-state index contributed by atoms with van der Waals surface area (Å²) in [7, 11) is -3.53. The van der Waals surface area contributed by atoms with Gasteiger partial charge in [-0.2, -0.15) is 0 Å². The van der Waals surface area contributed by atoms with Crippen molar-refractivity contribution in [2.75, 3.05) is 9.93 Å². The van der Waals surface area contributed by atoms with Gasteiger partial charge in [0.2, 0.25) is 16.0 Å². The molecule has 0 fully saturated rings. The molecule has 2 aromatic rings. The number of halogens is 1. The Morgan fingerprint density at radius 3 is 2.78 bits per heavy atom. The minimum absolute atomic E-state index is 0.318. The minimum atomic E-state index is -3.53. The fourth-order valence-corrected chi connectivity index (χ4v) is 2.42. The van der Waals surface area contributed by atoms with Gasteiger partial charge in [0.15, 0.2) is 0 Å². The summed E-state index contributed by atoms with van der Waals surface area (Å²) in [6.07, 6.45) is 0.885. The van der Waals surface area contributed by atoms with E-state index in [0.717, 1.165) is 17.5 Å². The zero-order valence-electron chi connectivity index (χ0n) is 9.93. The van der Waals surface area contributed by atoms with Crippen LogP contribution in [-0.4, -0.2) is 23.2 Å². The molecule has 2 rings (SSSR count). The lowest BCUT2D eigenvalue weighted by Gasteiger charge is -2.08. The van der Waals surface area contributed by atoms with E-state index in [1.54, 1.807) is 0 Å². The van der Waals surface area contributed by atoms with Crippen molar-refractivity contribution in [3.8, 4) is 0 Å². The van der Waals surface area contributed by atoms with Gasteiger partial charge in [-0.1, -0.05) is 19.1 Å². The van der Waals surface area contributed by atoms with Gasteiger partial charge in [0.1, 0.15) is 5.21 Å². The molecule has 5 nitrogen and oxygen atoms in total. The lowest BCUT2D eigenvalue weighted by atomic mass is 10.3. The monoisotopic (exact) mass is 287 g/mol. The van der Waals surface area contributed by atoms with Gasteiger partial charge in [-0.3, -0.25) is 4.72 Å². The molecule has 0 saturated carbocycles. The maximum Gasteiger partial charge on any atom is 0.249 e. The Balaban J connectivity index is 2.52. The number of aryl methyl sites for hydroxylation is 1. The molecule has 1 aromatic carbocycles. The molecule has 0 atom stereocenters. The maximum absolute atomic E-state index is 11.5. The smallest absolute Gasteiger partial charge is 0.249 e. The number of nitrogens with one attached hydrogen (secondary N) is 1. The van der Waals surface area contributed by atoms with Crippen LogP contribution in [0.4, 0.5) is 5.95 Å². The minimum Gasteiger partial charge on any atom is -0.309 e. The largest absolute Gasteiger partial charge is 0.309 e. The van der Waals surface area contributed by atoms with E-state index in [2.05, 4.69) is 9.71 Å². The predicted octanol–water partition coefficient (Wildman–Crippen LogP) is 2.38. The molecule has 0 bridgehead atoms. The molecule has 0 unspecified atom stereocenters. The highest BCUT2D eigenvalue weighted by Crippen LogP contribution is 2.20. The van der Waals surface area contributed by atoms with E-state index in [-0.39, 0.29) is 0 Å². The van der Waals surface area contributed by atoms with Gasteiger partial charge in [-0.25, -0.2) is 13.4 Å². The summed E-state index contributed by atoms with van der Waals surface area (Å²) in [6, 6.07) is 7.53. The van der Waals surface area contributed by atoms with Crippen molar-refractivity contribution in [3.05, 3.63) is 24.3 Å². The highest BCUT2D eigenvalue weighted by molar-refractivity contribution is 7.93. The third kappa shape index (κ3) is 2.59. The molecule has 18 heavy (non-hydrogen) atoms. The van der Waals surface area contributed by atoms with E-state index in [1.807, 2.05) is 35.8 Å². The van der Waals surface area contributed by atoms with Crippen LogP contribution in [0.25, 0.3) is 11.0 Å². The summed E-state index contributed by atoms with van der Waals surface area (Å²) in [5.74, 6) is 0.318. The number of fused-ring (bicyclic) bond motifs is 1. The molecule has 1 aromatic heterocycles. The Morgan fingerprint density at radius 2 is 2.11 bits per heavy atom. The molecule has 7 heteroatoms. The zero-order chi connectivity index (χ0) is 13.2. The molecule has 0 aliphatic heterocycles. The van der Waals surface area contributed by atoms with Crippen LogP contribution < -0.4 is 4.72 Å². The van der Waals surface area contributed by atoms with Crippen LogP contribution in [0.1, 0.15) is 13.3 Å². The van der Waals surface area contributed by atoms with E-state index >= 15 is 0 Å². The molecule has 1 N–H and O–H groups in total. The second-order valence-electron chi connectivity index (χ2n) is 3.90. The molecule has 0 amide bonds. The molecule has 0 spiro atoms. The van der Waals surface area contributed by atoms with Crippen molar-refractivity contribution < 1.29 is 8.42 Å². The number of rotatable bonds is 5. The van der Waals surface area contributed by atoms with Crippen molar-refractivity contribution in [1.82, 2.24) is 9.55 Å². The first-order chi connectivity index (χ1) is 8.57. The molecular weight excluding hydrogens is 274 g/mol. The van der Waals surface area contributed by atoms with E-state index < -0.39 is 15.2 Å². The molecule has 98 valence electrons. The van der Waals surface area contributed by atoms with Gasteiger partial charge in [-0.05, 0) is 18.6 Å². The number of alkyl halides is 1. The number of nitrogens with zero attached hydrogens (tertiary/aromatic N) is 2. The van der Waals surface area contributed by atoms with Crippen LogP contribution in [0.2, 0.25) is 0 Å². The fraction of sp³-hybridized carbons (Fsp3) is 0.364. The predicted molar refractivity (Wildman–Crippen MR) is 73.3 cm³/mol. The number of sulfonamides is 1. The lowest BCUT2D eigenvalue weighted by Crippen LogP contribution is -2.17. The molecule has 1 heterocycles. The van der Waals surface area contributed by atoms with Crippen molar-refractivity contribution in [2.45, 2.75) is 19.9 Å². The highest BCUT2D eigenvalue weighted by atomic mass is 35.5. The Morgan fingerprint density at radius 1 is 1.39 bits per heavy atom. The number of para-hydroxylation sites is 2. The van der Waals surface area contributed by atoms with Gasteiger partial charge >= 0.3 is 0 Å². The average Bonchev–Trinajstić information content (AvgIpc) is 2.68. The Hall–Kier alpha value is -1.27. The first-order valence-electron chi connectivity index (χ1n) is 5.59. The summed E-state index contributed by atoms with van der Waals surface area (Å²) < 4.78 is 27.3. The topological polar surface area (TPSA) is 64.0 Å². The standard InChI is InChI=1S/C11H14ClN3O2S/c1-2-7-15-10-6-4-3-5-9(10)13-11(15)14-18(16,17)8-12/h3-6H,2,7-8H2,1H3,(H,13,14). The van der Waals surface area contributed by atoms with Crippen LogP contribution in [0.5, 0.6) is 0 Å². The molecule has 0 aliphatic rings. The van der Waals surface area contributed by atoms with Gasteiger partial charge in [0, 0.05) is 6.54 Å². The number of benzene rings is 1. The third-order valence-electron chi connectivity index (χ3n) is 2.49. The maximum atomic E-state index is 11.5. The van der Waals surface area contributed by atoms with Gasteiger partial charge in [-0.15, -0.1) is 11.6 Å². The summed E-state index contributed by atoms with van der Waals surface area (Å²) in [5, 5.41) is -0.484. The van der Waals surface area contributed by atoms with Gasteiger partial charge < -0.3 is 4.57 Å². The SMILES string of the molecule is CCCn1c(NS(=O)(=O)CCl)nc2ccccc21. The van der Waals surface area contributed by atoms with Crippen molar-refractivity contribution >= 4 is 38.6 Å². The van der Waals surface area contributed by atoms with Crippen molar-refractivity contribution in [1.29, 1.82) is 0 Å². The Bertz CT molecular complexity index is 651. The van der Waals surface area contributed by atoms with E-state index in [9.17, 15) is 8.42 Å². The number of anilines is 1. The number of hydrogen-bond donors (Lipinski definition) is 1. The summed E-state index contributed by atoms with van der Waals surface area (Å²) in [6.45, 7) is 2.72. The van der Waals surface area contributed by atoms with E-state index in [1.165, 1.54) is 0 Å². The zero-order valence-corrected chi connectivity index (χ0v) is 11.5. The Labute approximate surface area is 111 Å². The molecule has 0 radical (unpaired) electrons. The first-order valence-corrected chi connectivity index (χ1v) is 7.78. The van der Waals surface area contributed by atoms with Crippen LogP contribution in [0.3, 0.4) is 0 Å².